The van der Waals surface area contributed by atoms with E-state index in [4.69, 9.17) is 0 Å². The number of carbonyl (C=O) groups is 2. The smallest absolute Gasteiger partial charge is 0.315 e. The van der Waals surface area contributed by atoms with E-state index in [9.17, 15) is 14.0 Å². The predicted octanol–water partition coefficient (Wildman–Crippen LogP) is 1.18. The van der Waals surface area contributed by atoms with Gasteiger partial charge in [0.2, 0.25) is 5.91 Å². The number of carbonyl (C=O) groups excluding carboxylic acids is 2. The topological polar surface area (TPSA) is 64.7 Å². The molecular formula is C16H23FN4O2. The predicted molar refractivity (Wildman–Crippen MR) is 86.9 cm³/mol. The molecule has 1 heterocycles. The van der Waals surface area contributed by atoms with Crippen LogP contribution in [0.2, 0.25) is 0 Å². The van der Waals surface area contributed by atoms with Gasteiger partial charge in [-0.2, -0.15) is 0 Å². The highest BCUT2D eigenvalue weighted by Gasteiger charge is 2.31. The lowest BCUT2D eigenvalue weighted by molar-refractivity contribution is -0.117. The summed E-state index contributed by atoms with van der Waals surface area (Å²) in [6.45, 7) is 1.89. The second-order valence-corrected chi connectivity index (χ2v) is 5.94. The maximum atomic E-state index is 12.9. The number of hydrogen-bond acceptors (Lipinski definition) is 3. The Morgan fingerprint density at radius 1 is 1.35 bits per heavy atom. The standard InChI is InChI=1S/C16H23FN4O2/c1-20(2)9-3-8-18-16(23)19-13-10-15(22)21(11-13)14-6-4-12(17)5-7-14/h4-7,13H,3,8-11H2,1-2H3,(H2,18,19,23). The Balaban J connectivity index is 1.78. The van der Waals surface area contributed by atoms with Crippen molar-refractivity contribution in [1.82, 2.24) is 15.5 Å². The van der Waals surface area contributed by atoms with Crippen LogP contribution in [0.1, 0.15) is 12.8 Å². The normalized spacial score (nSPS) is 17.7. The Morgan fingerprint density at radius 2 is 2.04 bits per heavy atom. The van der Waals surface area contributed by atoms with E-state index in [1.165, 1.54) is 12.1 Å². The zero-order valence-electron chi connectivity index (χ0n) is 13.5. The summed E-state index contributed by atoms with van der Waals surface area (Å²) in [7, 11) is 3.96. The number of hydrogen-bond donors (Lipinski definition) is 2. The molecule has 0 radical (unpaired) electrons. The van der Waals surface area contributed by atoms with Crippen LogP contribution in [0.25, 0.3) is 0 Å². The summed E-state index contributed by atoms with van der Waals surface area (Å²) in [5.74, 6) is -0.415. The van der Waals surface area contributed by atoms with Gasteiger partial charge in [0.25, 0.3) is 0 Å². The van der Waals surface area contributed by atoms with Crippen LogP contribution in [0.3, 0.4) is 0 Å². The summed E-state index contributed by atoms with van der Waals surface area (Å²) in [6, 6.07) is 5.28. The van der Waals surface area contributed by atoms with E-state index in [-0.39, 0.29) is 30.2 Å². The summed E-state index contributed by atoms with van der Waals surface area (Å²) < 4.78 is 12.9. The molecule has 126 valence electrons. The Bertz CT molecular complexity index is 548. The van der Waals surface area contributed by atoms with E-state index < -0.39 is 0 Å². The van der Waals surface area contributed by atoms with Crippen LogP contribution in [-0.2, 0) is 4.79 Å². The van der Waals surface area contributed by atoms with Crippen molar-refractivity contribution in [3.63, 3.8) is 0 Å². The monoisotopic (exact) mass is 322 g/mol. The first-order valence-corrected chi connectivity index (χ1v) is 7.70. The van der Waals surface area contributed by atoms with Crippen LogP contribution >= 0.6 is 0 Å². The van der Waals surface area contributed by atoms with Crippen LogP contribution in [0.15, 0.2) is 24.3 Å². The number of benzene rings is 1. The minimum Gasteiger partial charge on any atom is -0.338 e. The molecule has 1 aromatic carbocycles. The van der Waals surface area contributed by atoms with Crippen molar-refractivity contribution in [3.05, 3.63) is 30.1 Å². The number of nitrogens with one attached hydrogen (secondary N) is 2. The van der Waals surface area contributed by atoms with Gasteiger partial charge in [0.1, 0.15) is 5.82 Å². The number of amides is 3. The lowest BCUT2D eigenvalue weighted by Gasteiger charge is -2.17. The molecule has 0 spiro atoms. The van der Waals surface area contributed by atoms with E-state index in [0.29, 0.717) is 18.8 Å². The minimum atomic E-state index is -0.341. The van der Waals surface area contributed by atoms with E-state index in [1.54, 1.807) is 17.0 Å². The molecule has 3 amide bonds. The number of halogens is 1. The van der Waals surface area contributed by atoms with Gasteiger partial charge in [-0.25, -0.2) is 9.18 Å². The summed E-state index contributed by atoms with van der Waals surface area (Å²) in [5, 5.41) is 5.59. The summed E-state index contributed by atoms with van der Waals surface area (Å²) >= 11 is 0. The first-order valence-electron chi connectivity index (χ1n) is 7.70. The van der Waals surface area contributed by atoms with E-state index in [0.717, 1.165) is 13.0 Å². The maximum Gasteiger partial charge on any atom is 0.315 e. The van der Waals surface area contributed by atoms with Gasteiger partial charge in [-0.1, -0.05) is 0 Å². The van der Waals surface area contributed by atoms with Gasteiger partial charge in [-0.3, -0.25) is 4.79 Å². The van der Waals surface area contributed by atoms with Crippen LogP contribution in [0.5, 0.6) is 0 Å². The Morgan fingerprint density at radius 3 is 2.70 bits per heavy atom. The molecule has 0 saturated carbocycles. The van der Waals surface area contributed by atoms with Crippen molar-refractivity contribution in [1.29, 1.82) is 0 Å². The Kier molecular flexibility index (Phi) is 5.92. The quantitative estimate of drug-likeness (QED) is 0.773. The summed E-state index contributed by atoms with van der Waals surface area (Å²) in [6.07, 6.45) is 1.12. The van der Waals surface area contributed by atoms with Gasteiger partial charge < -0.3 is 20.4 Å². The zero-order chi connectivity index (χ0) is 16.8. The van der Waals surface area contributed by atoms with Crippen LogP contribution < -0.4 is 15.5 Å². The molecule has 2 N–H and O–H groups in total. The number of urea groups is 1. The second-order valence-electron chi connectivity index (χ2n) is 5.94. The Hall–Kier alpha value is -2.15. The molecule has 7 heteroatoms. The van der Waals surface area contributed by atoms with E-state index in [1.807, 2.05) is 14.1 Å². The van der Waals surface area contributed by atoms with Gasteiger partial charge in [-0.15, -0.1) is 0 Å². The fourth-order valence-corrected chi connectivity index (χ4v) is 2.51. The molecule has 0 bridgehead atoms. The van der Waals surface area contributed by atoms with Crippen molar-refractivity contribution in [3.8, 4) is 0 Å². The van der Waals surface area contributed by atoms with Crippen molar-refractivity contribution < 1.29 is 14.0 Å². The number of rotatable bonds is 6. The number of anilines is 1. The molecule has 6 nitrogen and oxygen atoms in total. The highest BCUT2D eigenvalue weighted by molar-refractivity contribution is 5.96. The van der Waals surface area contributed by atoms with Gasteiger partial charge in [0, 0.05) is 25.2 Å². The van der Waals surface area contributed by atoms with Crippen molar-refractivity contribution in [2.75, 3.05) is 38.6 Å². The molecule has 1 atom stereocenters. The third-order valence-corrected chi connectivity index (χ3v) is 3.67. The molecule has 0 aromatic heterocycles. The molecule has 1 aliphatic rings. The SMILES string of the molecule is CN(C)CCCNC(=O)NC1CC(=O)N(c2ccc(F)cc2)C1. The molecule has 1 fully saturated rings. The average molecular weight is 322 g/mol. The fourth-order valence-electron chi connectivity index (χ4n) is 2.51. The molecule has 1 aliphatic heterocycles. The lowest BCUT2D eigenvalue weighted by Crippen LogP contribution is -2.43. The summed E-state index contributed by atoms with van der Waals surface area (Å²) in [4.78, 5) is 27.5. The largest absolute Gasteiger partial charge is 0.338 e. The first kappa shape index (κ1) is 17.2. The zero-order valence-corrected chi connectivity index (χ0v) is 13.5. The van der Waals surface area contributed by atoms with Crippen LogP contribution in [0.4, 0.5) is 14.9 Å². The van der Waals surface area contributed by atoms with E-state index >= 15 is 0 Å². The molecule has 1 saturated heterocycles. The molecule has 23 heavy (non-hydrogen) atoms. The van der Waals surface area contributed by atoms with Gasteiger partial charge in [-0.05, 0) is 51.3 Å². The van der Waals surface area contributed by atoms with Gasteiger partial charge >= 0.3 is 6.03 Å². The highest BCUT2D eigenvalue weighted by atomic mass is 19.1. The van der Waals surface area contributed by atoms with Crippen molar-refractivity contribution in [2.45, 2.75) is 18.9 Å². The van der Waals surface area contributed by atoms with Gasteiger partial charge in [0.05, 0.1) is 6.04 Å². The summed E-state index contributed by atoms with van der Waals surface area (Å²) in [5.41, 5.74) is 0.645. The molecule has 2 rings (SSSR count). The van der Waals surface area contributed by atoms with Crippen molar-refractivity contribution >= 4 is 17.6 Å². The fraction of sp³-hybridized carbons (Fsp3) is 0.500. The third kappa shape index (κ3) is 5.21. The molecule has 1 unspecified atom stereocenters. The second kappa shape index (κ2) is 7.92. The van der Waals surface area contributed by atoms with Gasteiger partial charge in [0.15, 0.2) is 0 Å². The first-order chi connectivity index (χ1) is 11.0. The maximum absolute atomic E-state index is 12.9. The Labute approximate surface area is 135 Å². The molecule has 1 aromatic rings. The molecule has 0 aliphatic carbocycles. The molecular weight excluding hydrogens is 299 g/mol. The van der Waals surface area contributed by atoms with E-state index in [2.05, 4.69) is 15.5 Å². The number of nitrogens with zero attached hydrogens (tertiary/aromatic N) is 2. The third-order valence-electron chi connectivity index (χ3n) is 3.67. The minimum absolute atomic E-state index is 0.0745. The highest BCUT2D eigenvalue weighted by Crippen LogP contribution is 2.21. The lowest BCUT2D eigenvalue weighted by atomic mass is 10.2. The average Bonchev–Trinajstić information content (AvgIpc) is 2.85. The van der Waals surface area contributed by atoms with Crippen molar-refractivity contribution in [2.24, 2.45) is 0 Å². The van der Waals surface area contributed by atoms with Crippen LogP contribution in [0, 0.1) is 5.82 Å². The van der Waals surface area contributed by atoms with Crippen LogP contribution in [-0.4, -0.2) is 56.6 Å².